The van der Waals surface area contributed by atoms with Gasteiger partial charge in [0.2, 0.25) is 0 Å². The standard InChI is InChI=1S/C34H45NO/c1-26(22-30-15-16-31-11-5-6-12-33(31)24-30)34(36)32-13-7-10-27(14-17-32)23-28-18-20-35(21-19-28)25-29-8-3-2-4-9-29/h2-4,8-9,13,15-16,24,26-28H,5-7,10-12,14,17-23,25H2,1H3/t26-,27?/m1/s1. The molecular formula is C34H45NO. The number of Topliss-reactive ketones (excluding diaryl/α,β-unsaturated/α-hetero) is 1. The average Bonchev–Trinajstić information content (AvgIpc) is 3.15. The molecule has 2 aliphatic carbocycles. The maximum Gasteiger partial charge on any atom is 0.161 e. The van der Waals surface area contributed by atoms with Crippen LogP contribution in [0.2, 0.25) is 0 Å². The molecule has 0 aromatic heterocycles. The number of rotatable bonds is 8. The third kappa shape index (κ3) is 6.76. The molecule has 0 radical (unpaired) electrons. The number of likely N-dealkylation sites (tertiary alicyclic amines) is 1. The lowest BCUT2D eigenvalue weighted by Gasteiger charge is -2.33. The van der Waals surface area contributed by atoms with Gasteiger partial charge in [-0.2, -0.15) is 0 Å². The van der Waals surface area contributed by atoms with Crippen LogP contribution in [0.5, 0.6) is 0 Å². The van der Waals surface area contributed by atoms with E-state index in [4.69, 9.17) is 0 Å². The number of nitrogens with zero attached hydrogens (tertiary/aromatic N) is 1. The molecule has 1 saturated heterocycles. The van der Waals surface area contributed by atoms with Gasteiger partial charge in [0.25, 0.3) is 0 Å². The van der Waals surface area contributed by atoms with Crippen LogP contribution < -0.4 is 0 Å². The number of ketones is 1. The Kier molecular flexibility index (Phi) is 8.75. The van der Waals surface area contributed by atoms with Gasteiger partial charge in [0, 0.05) is 12.5 Å². The van der Waals surface area contributed by atoms with Crippen LogP contribution in [-0.4, -0.2) is 23.8 Å². The highest BCUT2D eigenvalue weighted by Crippen LogP contribution is 2.33. The Morgan fingerprint density at radius 2 is 1.61 bits per heavy atom. The van der Waals surface area contributed by atoms with E-state index in [0.29, 0.717) is 5.78 Å². The molecule has 36 heavy (non-hydrogen) atoms. The molecule has 0 saturated carbocycles. The Balaban J connectivity index is 1.06. The molecule has 2 aromatic carbocycles. The number of hydrogen-bond acceptors (Lipinski definition) is 2. The van der Waals surface area contributed by atoms with E-state index < -0.39 is 0 Å². The first kappa shape index (κ1) is 25.5. The van der Waals surface area contributed by atoms with E-state index in [1.807, 2.05) is 0 Å². The van der Waals surface area contributed by atoms with Gasteiger partial charge in [0.15, 0.2) is 5.78 Å². The van der Waals surface area contributed by atoms with Crippen molar-refractivity contribution in [3.8, 4) is 0 Å². The molecule has 1 fully saturated rings. The van der Waals surface area contributed by atoms with Gasteiger partial charge in [-0.05, 0) is 130 Å². The first-order valence-corrected chi connectivity index (χ1v) is 14.7. The fourth-order valence-corrected chi connectivity index (χ4v) is 6.93. The Labute approximate surface area is 219 Å². The van der Waals surface area contributed by atoms with Crippen LogP contribution in [0.25, 0.3) is 0 Å². The van der Waals surface area contributed by atoms with E-state index >= 15 is 0 Å². The monoisotopic (exact) mass is 483 g/mol. The molecule has 2 atom stereocenters. The van der Waals surface area contributed by atoms with Crippen molar-refractivity contribution < 1.29 is 4.79 Å². The van der Waals surface area contributed by atoms with Crippen LogP contribution in [0.3, 0.4) is 0 Å². The molecule has 0 bridgehead atoms. The van der Waals surface area contributed by atoms with Gasteiger partial charge in [-0.1, -0.05) is 61.5 Å². The molecule has 1 aliphatic heterocycles. The molecule has 5 rings (SSSR count). The molecule has 0 spiro atoms. The molecular weight excluding hydrogens is 438 g/mol. The van der Waals surface area contributed by atoms with Crippen LogP contribution in [-0.2, 0) is 30.6 Å². The largest absolute Gasteiger partial charge is 0.299 e. The van der Waals surface area contributed by atoms with E-state index in [0.717, 1.165) is 43.2 Å². The Hall–Kier alpha value is -2.19. The molecule has 3 aliphatic rings. The zero-order valence-electron chi connectivity index (χ0n) is 22.4. The fourth-order valence-electron chi connectivity index (χ4n) is 6.93. The highest BCUT2D eigenvalue weighted by Gasteiger charge is 2.26. The number of aryl methyl sites for hydroxylation is 2. The maximum atomic E-state index is 13.4. The predicted octanol–water partition coefficient (Wildman–Crippen LogP) is 7.73. The van der Waals surface area contributed by atoms with Crippen molar-refractivity contribution >= 4 is 5.78 Å². The lowest BCUT2D eigenvalue weighted by molar-refractivity contribution is -0.118. The summed E-state index contributed by atoms with van der Waals surface area (Å²) in [4.78, 5) is 16.0. The minimum atomic E-state index is 0.0865. The van der Waals surface area contributed by atoms with Crippen molar-refractivity contribution in [2.24, 2.45) is 17.8 Å². The van der Waals surface area contributed by atoms with Crippen molar-refractivity contribution in [2.75, 3.05) is 13.1 Å². The number of allylic oxidation sites excluding steroid dienone is 2. The van der Waals surface area contributed by atoms with Crippen LogP contribution in [0, 0.1) is 17.8 Å². The molecule has 0 N–H and O–H groups in total. The summed E-state index contributed by atoms with van der Waals surface area (Å²) >= 11 is 0. The summed E-state index contributed by atoms with van der Waals surface area (Å²) in [5.41, 5.74) is 6.97. The van der Waals surface area contributed by atoms with Gasteiger partial charge < -0.3 is 0 Å². The number of benzene rings is 2. The topological polar surface area (TPSA) is 20.3 Å². The van der Waals surface area contributed by atoms with Gasteiger partial charge in [-0.15, -0.1) is 0 Å². The molecule has 2 nitrogen and oxygen atoms in total. The van der Waals surface area contributed by atoms with Gasteiger partial charge >= 0.3 is 0 Å². The third-order valence-corrected chi connectivity index (χ3v) is 9.13. The summed E-state index contributed by atoms with van der Waals surface area (Å²) in [6.45, 7) is 5.70. The number of piperidine rings is 1. The van der Waals surface area contributed by atoms with Gasteiger partial charge in [-0.3, -0.25) is 9.69 Å². The Bertz CT molecular complexity index is 1030. The summed E-state index contributed by atoms with van der Waals surface area (Å²) in [6, 6.07) is 17.9. The summed E-state index contributed by atoms with van der Waals surface area (Å²) in [5, 5.41) is 0. The van der Waals surface area contributed by atoms with Crippen molar-refractivity contribution in [3.63, 3.8) is 0 Å². The Morgan fingerprint density at radius 1 is 0.861 bits per heavy atom. The molecule has 0 amide bonds. The first-order valence-electron chi connectivity index (χ1n) is 14.7. The van der Waals surface area contributed by atoms with Crippen molar-refractivity contribution in [1.82, 2.24) is 4.90 Å². The first-order chi connectivity index (χ1) is 17.6. The smallest absolute Gasteiger partial charge is 0.161 e. The summed E-state index contributed by atoms with van der Waals surface area (Å²) in [5.74, 6) is 2.14. The quantitative estimate of drug-likeness (QED) is 0.383. The minimum Gasteiger partial charge on any atom is -0.299 e. The van der Waals surface area contributed by atoms with Crippen molar-refractivity contribution in [3.05, 3.63) is 82.4 Å². The fraction of sp³-hybridized carbons (Fsp3) is 0.559. The molecule has 1 heterocycles. The second-order valence-electron chi connectivity index (χ2n) is 11.9. The highest BCUT2D eigenvalue weighted by atomic mass is 16.1. The van der Waals surface area contributed by atoms with Crippen molar-refractivity contribution in [2.45, 2.75) is 90.5 Å². The molecule has 192 valence electrons. The van der Waals surface area contributed by atoms with E-state index in [2.05, 4.69) is 66.4 Å². The maximum absolute atomic E-state index is 13.4. The molecule has 2 heteroatoms. The second-order valence-corrected chi connectivity index (χ2v) is 11.9. The second kappa shape index (κ2) is 12.4. The normalized spacial score (nSPS) is 22.4. The number of hydrogen-bond donors (Lipinski definition) is 0. The van der Waals surface area contributed by atoms with Gasteiger partial charge in [0.1, 0.15) is 0 Å². The SMILES string of the molecule is C[C@H](Cc1ccc2c(c1)CCCC2)C(=O)C1=CCCC(CC2CCN(Cc3ccccc3)CC2)CC1. The van der Waals surface area contributed by atoms with Gasteiger partial charge in [-0.25, -0.2) is 0 Å². The summed E-state index contributed by atoms with van der Waals surface area (Å²) in [6.07, 6.45) is 16.8. The van der Waals surface area contributed by atoms with Gasteiger partial charge in [0.05, 0.1) is 0 Å². The lowest BCUT2D eigenvalue weighted by atomic mass is 9.83. The van der Waals surface area contributed by atoms with E-state index in [1.54, 1.807) is 0 Å². The predicted molar refractivity (Wildman–Crippen MR) is 150 cm³/mol. The average molecular weight is 484 g/mol. The van der Waals surface area contributed by atoms with Crippen LogP contribution >= 0.6 is 0 Å². The van der Waals surface area contributed by atoms with Crippen LogP contribution in [0.15, 0.2) is 60.2 Å². The van der Waals surface area contributed by atoms with E-state index in [-0.39, 0.29) is 5.92 Å². The minimum absolute atomic E-state index is 0.0865. The van der Waals surface area contributed by atoms with E-state index in [1.165, 1.54) is 93.1 Å². The third-order valence-electron chi connectivity index (χ3n) is 9.13. The van der Waals surface area contributed by atoms with Crippen LogP contribution in [0.4, 0.5) is 0 Å². The summed E-state index contributed by atoms with van der Waals surface area (Å²) in [7, 11) is 0. The van der Waals surface area contributed by atoms with Crippen LogP contribution in [0.1, 0.15) is 87.0 Å². The lowest BCUT2D eigenvalue weighted by Crippen LogP contribution is -2.33. The zero-order chi connectivity index (χ0) is 24.7. The molecule has 2 aromatic rings. The Morgan fingerprint density at radius 3 is 2.42 bits per heavy atom. The zero-order valence-corrected chi connectivity index (χ0v) is 22.4. The number of carbonyl (C=O) groups excluding carboxylic acids is 1. The summed E-state index contributed by atoms with van der Waals surface area (Å²) < 4.78 is 0. The highest BCUT2D eigenvalue weighted by molar-refractivity contribution is 5.97. The number of fused-ring (bicyclic) bond motifs is 1. The number of carbonyl (C=O) groups is 1. The van der Waals surface area contributed by atoms with E-state index in [9.17, 15) is 4.79 Å². The van der Waals surface area contributed by atoms with Crippen molar-refractivity contribution in [1.29, 1.82) is 0 Å². The molecule has 1 unspecified atom stereocenters.